The minimum atomic E-state index is -0.145. The topological polar surface area (TPSA) is 57.8 Å². The van der Waals surface area contributed by atoms with E-state index in [0.29, 0.717) is 0 Å². The molecule has 2 N–H and O–H groups in total. The lowest BCUT2D eigenvalue weighted by molar-refractivity contribution is -0.117. The van der Waals surface area contributed by atoms with Crippen LogP contribution in [0.2, 0.25) is 0 Å². The molecule has 30 heavy (non-hydrogen) atoms. The first kappa shape index (κ1) is 19.9. The average Bonchev–Trinajstić information content (AvgIpc) is 3.16. The fourth-order valence-corrected chi connectivity index (χ4v) is 3.85. The molecule has 0 aliphatic heterocycles. The Morgan fingerprint density at radius 3 is 2.63 bits per heavy atom. The summed E-state index contributed by atoms with van der Waals surface area (Å²) in [6, 6.07) is 24.3. The van der Waals surface area contributed by atoms with E-state index in [-0.39, 0.29) is 11.8 Å². The van der Waals surface area contributed by atoms with Crippen molar-refractivity contribution in [3.63, 3.8) is 0 Å². The first-order valence-electron chi connectivity index (χ1n) is 10.5. The number of benzene rings is 3. The highest BCUT2D eigenvalue weighted by Gasteiger charge is 2.18. The molecule has 0 saturated heterocycles. The Kier molecular flexibility index (Phi) is 5.94. The summed E-state index contributed by atoms with van der Waals surface area (Å²) in [6.45, 7) is 4.13. The van der Waals surface area contributed by atoms with Crippen LogP contribution >= 0.6 is 0 Å². The van der Waals surface area contributed by atoms with Gasteiger partial charge < -0.3 is 10.3 Å². The second kappa shape index (κ2) is 8.95. The van der Waals surface area contributed by atoms with Crippen molar-refractivity contribution in [2.75, 3.05) is 5.32 Å². The van der Waals surface area contributed by atoms with Gasteiger partial charge in [0.05, 0.1) is 17.0 Å². The molecule has 0 fully saturated rings. The number of nitrogens with one attached hydrogen (secondary N) is 2. The van der Waals surface area contributed by atoms with Crippen LogP contribution in [0.4, 0.5) is 5.69 Å². The average molecular weight is 398 g/mol. The Labute approximate surface area is 177 Å². The van der Waals surface area contributed by atoms with Crippen molar-refractivity contribution in [3.05, 3.63) is 95.3 Å². The van der Waals surface area contributed by atoms with Crippen molar-refractivity contribution >= 4 is 22.6 Å². The molecule has 4 heteroatoms. The van der Waals surface area contributed by atoms with Crippen LogP contribution in [0.1, 0.15) is 41.8 Å². The van der Waals surface area contributed by atoms with Gasteiger partial charge in [0.15, 0.2) is 0 Å². The molecule has 0 spiro atoms. The Bertz CT molecular complexity index is 1150. The number of aryl methyl sites for hydroxylation is 3. The van der Waals surface area contributed by atoms with Gasteiger partial charge in [-0.25, -0.2) is 4.98 Å². The molecule has 0 bridgehead atoms. The van der Waals surface area contributed by atoms with Crippen LogP contribution in [-0.4, -0.2) is 15.9 Å². The monoisotopic (exact) mass is 397 g/mol. The third-order valence-corrected chi connectivity index (χ3v) is 5.46. The number of hydrogen-bond donors (Lipinski definition) is 2. The molecule has 0 radical (unpaired) electrons. The number of aromatic amines is 1. The minimum Gasteiger partial charge on any atom is -0.342 e. The quantitative estimate of drug-likeness (QED) is 0.415. The molecule has 3 aromatic carbocycles. The second-order valence-electron chi connectivity index (χ2n) is 7.77. The molecule has 4 aromatic rings. The normalized spacial score (nSPS) is 12.1. The highest BCUT2D eigenvalue weighted by atomic mass is 16.1. The van der Waals surface area contributed by atoms with Crippen molar-refractivity contribution in [2.45, 2.75) is 39.0 Å². The van der Waals surface area contributed by atoms with Crippen LogP contribution in [0.15, 0.2) is 72.8 Å². The maximum absolute atomic E-state index is 12.8. The first-order chi connectivity index (χ1) is 14.6. The van der Waals surface area contributed by atoms with Crippen LogP contribution in [-0.2, 0) is 17.6 Å². The number of carbonyl (C=O) groups is 1. The molecule has 0 saturated carbocycles. The van der Waals surface area contributed by atoms with E-state index in [1.54, 1.807) is 0 Å². The molecule has 152 valence electrons. The zero-order chi connectivity index (χ0) is 20.9. The van der Waals surface area contributed by atoms with E-state index in [2.05, 4.69) is 52.5 Å². The molecule has 1 heterocycles. The van der Waals surface area contributed by atoms with Gasteiger partial charge in [0.1, 0.15) is 5.82 Å². The Morgan fingerprint density at radius 1 is 1.00 bits per heavy atom. The summed E-state index contributed by atoms with van der Waals surface area (Å²) in [7, 11) is 0. The van der Waals surface area contributed by atoms with Gasteiger partial charge in [0.2, 0.25) is 5.91 Å². The van der Waals surface area contributed by atoms with Crippen molar-refractivity contribution in [2.24, 2.45) is 0 Å². The maximum Gasteiger partial charge on any atom is 0.231 e. The minimum absolute atomic E-state index is 0.0357. The van der Waals surface area contributed by atoms with Crippen molar-refractivity contribution in [1.82, 2.24) is 9.97 Å². The number of H-pyrrole nitrogens is 1. The molecule has 1 amide bonds. The Balaban J connectivity index is 1.42. The van der Waals surface area contributed by atoms with E-state index in [4.69, 9.17) is 0 Å². The van der Waals surface area contributed by atoms with Gasteiger partial charge in [-0.15, -0.1) is 0 Å². The summed E-state index contributed by atoms with van der Waals surface area (Å²) in [5.41, 5.74) is 6.38. The van der Waals surface area contributed by atoms with Crippen molar-refractivity contribution in [1.29, 1.82) is 0 Å². The molecule has 4 nitrogen and oxygen atoms in total. The second-order valence-corrected chi connectivity index (χ2v) is 7.77. The lowest BCUT2D eigenvalue weighted by atomic mass is 9.95. The lowest BCUT2D eigenvalue weighted by Crippen LogP contribution is -2.20. The van der Waals surface area contributed by atoms with E-state index < -0.39 is 0 Å². The van der Waals surface area contributed by atoms with Gasteiger partial charge in [0, 0.05) is 12.1 Å². The van der Waals surface area contributed by atoms with E-state index in [9.17, 15) is 4.79 Å². The summed E-state index contributed by atoms with van der Waals surface area (Å²) < 4.78 is 0. The highest BCUT2D eigenvalue weighted by molar-refractivity contribution is 5.95. The number of rotatable bonds is 7. The van der Waals surface area contributed by atoms with Gasteiger partial charge >= 0.3 is 0 Å². The summed E-state index contributed by atoms with van der Waals surface area (Å²) >= 11 is 0. The molecule has 1 atom stereocenters. The van der Waals surface area contributed by atoms with Crippen LogP contribution in [0, 0.1) is 6.92 Å². The number of fused-ring (bicyclic) bond motifs is 1. The van der Waals surface area contributed by atoms with Crippen LogP contribution in [0.25, 0.3) is 11.0 Å². The van der Waals surface area contributed by atoms with E-state index in [1.807, 2.05) is 49.4 Å². The maximum atomic E-state index is 12.8. The third-order valence-electron chi connectivity index (χ3n) is 5.46. The number of carbonyl (C=O) groups excluding carboxylic acids is 1. The Morgan fingerprint density at radius 2 is 1.83 bits per heavy atom. The van der Waals surface area contributed by atoms with Gasteiger partial charge in [-0.3, -0.25) is 4.79 Å². The third kappa shape index (κ3) is 4.60. The SMILES string of the molecule is CCC(C(=O)Nc1cccc(CCc2nc3ccc(C)cc3[nH]2)c1)c1ccccc1. The number of imidazole rings is 1. The molecule has 1 aromatic heterocycles. The lowest BCUT2D eigenvalue weighted by Gasteiger charge is -2.16. The van der Waals surface area contributed by atoms with Gasteiger partial charge in [-0.2, -0.15) is 0 Å². The number of nitrogens with zero attached hydrogens (tertiary/aromatic N) is 1. The van der Waals surface area contributed by atoms with Gasteiger partial charge in [-0.1, -0.05) is 55.5 Å². The Hall–Kier alpha value is -3.40. The number of amides is 1. The zero-order valence-corrected chi connectivity index (χ0v) is 17.5. The predicted molar refractivity (Wildman–Crippen MR) is 123 cm³/mol. The van der Waals surface area contributed by atoms with Gasteiger partial charge in [0.25, 0.3) is 0 Å². The van der Waals surface area contributed by atoms with Crippen molar-refractivity contribution < 1.29 is 4.79 Å². The number of anilines is 1. The number of hydrogen-bond acceptors (Lipinski definition) is 2. The molecule has 0 aliphatic rings. The zero-order valence-electron chi connectivity index (χ0n) is 17.5. The van der Waals surface area contributed by atoms with E-state index in [0.717, 1.165) is 47.4 Å². The van der Waals surface area contributed by atoms with Crippen molar-refractivity contribution in [3.8, 4) is 0 Å². The molecule has 1 unspecified atom stereocenters. The smallest absolute Gasteiger partial charge is 0.231 e. The fourth-order valence-electron chi connectivity index (χ4n) is 3.85. The summed E-state index contributed by atoms with van der Waals surface area (Å²) in [5.74, 6) is 0.877. The predicted octanol–water partition coefficient (Wildman–Crippen LogP) is 5.79. The molecular weight excluding hydrogens is 370 g/mol. The van der Waals surface area contributed by atoms with Crippen LogP contribution in [0.3, 0.4) is 0 Å². The highest BCUT2D eigenvalue weighted by Crippen LogP contribution is 2.22. The van der Waals surface area contributed by atoms with Crippen LogP contribution < -0.4 is 5.32 Å². The number of aromatic nitrogens is 2. The largest absolute Gasteiger partial charge is 0.342 e. The summed E-state index contributed by atoms with van der Waals surface area (Å²) in [6.07, 6.45) is 2.45. The standard InChI is InChI=1S/C26H27N3O/c1-3-22(20-9-5-4-6-10-20)26(30)27-21-11-7-8-19(17-21)13-15-25-28-23-14-12-18(2)16-24(23)29-25/h4-12,14,16-17,22H,3,13,15H2,1-2H3,(H,27,30)(H,28,29). The van der Waals surface area contributed by atoms with Crippen LogP contribution in [0.5, 0.6) is 0 Å². The summed E-state index contributed by atoms with van der Waals surface area (Å²) in [4.78, 5) is 20.9. The molecule has 0 aliphatic carbocycles. The fraction of sp³-hybridized carbons (Fsp3) is 0.231. The van der Waals surface area contributed by atoms with E-state index in [1.165, 1.54) is 11.1 Å². The molecular formula is C26H27N3O. The van der Waals surface area contributed by atoms with E-state index >= 15 is 0 Å². The first-order valence-corrected chi connectivity index (χ1v) is 10.5. The summed E-state index contributed by atoms with van der Waals surface area (Å²) in [5, 5.41) is 3.10. The molecule has 4 rings (SSSR count). The van der Waals surface area contributed by atoms with Gasteiger partial charge in [-0.05, 0) is 60.7 Å².